The molecule has 1 fully saturated rings. The van der Waals surface area contributed by atoms with Gasteiger partial charge in [-0.25, -0.2) is 0 Å². The number of benzene rings is 1. The summed E-state index contributed by atoms with van der Waals surface area (Å²) in [7, 11) is 1.67. The van der Waals surface area contributed by atoms with Gasteiger partial charge in [0.2, 0.25) is 0 Å². The highest BCUT2D eigenvalue weighted by atomic mass is 32.1. The summed E-state index contributed by atoms with van der Waals surface area (Å²) < 4.78 is 10.9. The molecule has 1 atom stereocenters. The lowest BCUT2D eigenvalue weighted by Gasteiger charge is -2.30. The number of thiocarbonyl (C=S) groups is 1. The Kier molecular flexibility index (Phi) is 6.91. The maximum Gasteiger partial charge on any atom is 0.166 e. The molecular weight excluding hydrogens is 346 g/mol. The average molecular weight is 375 g/mol. The van der Waals surface area contributed by atoms with Crippen molar-refractivity contribution in [3.05, 3.63) is 54.0 Å². The molecule has 0 aliphatic carbocycles. The van der Waals surface area contributed by atoms with E-state index in [1.54, 1.807) is 18.3 Å². The number of furan rings is 1. The quantitative estimate of drug-likeness (QED) is 0.648. The normalized spacial score (nSPS) is 16.0. The van der Waals surface area contributed by atoms with Gasteiger partial charge in [-0.3, -0.25) is 0 Å². The lowest BCUT2D eigenvalue weighted by Crippen LogP contribution is -3.13. The van der Waals surface area contributed by atoms with Gasteiger partial charge in [0.1, 0.15) is 5.75 Å². The molecule has 0 spiro atoms. The van der Waals surface area contributed by atoms with Gasteiger partial charge in [-0.15, -0.1) is 0 Å². The van der Waals surface area contributed by atoms with Crippen LogP contribution in [0.25, 0.3) is 0 Å². The second-order valence-corrected chi connectivity index (χ2v) is 7.11. The summed E-state index contributed by atoms with van der Waals surface area (Å²) in [5.74, 6) is 1.90. The standard InChI is InChI=1S/C20H27N3O2S/c1-24-17-9-7-16(8-10-17)14-21-20(26)22-15-18(19-6-5-13-25-19)23-11-3-2-4-12-23/h5-10,13,18H,2-4,11-12,14-15H2,1H3,(H2,21,22,26)/p+1/t18-/m0/s1. The van der Waals surface area contributed by atoms with Gasteiger partial charge in [-0.05, 0) is 61.3 Å². The SMILES string of the molecule is COc1ccc(CNC(=S)NC[C@@H](c2ccco2)[NH+]2CCCCC2)cc1. The topological polar surface area (TPSA) is 50.9 Å². The first-order valence-electron chi connectivity index (χ1n) is 9.29. The van der Waals surface area contributed by atoms with Crippen LogP contribution in [0.1, 0.15) is 36.6 Å². The number of hydrogen-bond acceptors (Lipinski definition) is 3. The van der Waals surface area contributed by atoms with Crippen LogP contribution in [0.4, 0.5) is 0 Å². The number of hydrogen-bond donors (Lipinski definition) is 3. The zero-order chi connectivity index (χ0) is 18.2. The van der Waals surface area contributed by atoms with E-state index in [-0.39, 0.29) is 0 Å². The Labute approximate surface area is 160 Å². The summed E-state index contributed by atoms with van der Waals surface area (Å²) in [5.41, 5.74) is 1.17. The fraction of sp³-hybridized carbons (Fsp3) is 0.450. The second-order valence-electron chi connectivity index (χ2n) is 6.70. The van der Waals surface area contributed by atoms with E-state index in [0.29, 0.717) is 17.7 Å². The van der Waals surface area contributed by atoms with Crippen molar-refractivity contribution in [3.63, 3.8) is 0 Å². The number of likely N-dealkylation sites (tertiary alicyclic amines) is 1. The molecule has 0 bridgehead atoms. The molecule has 1 saturated heterocycles. The van der Waals surface area contributed by atoms with Crippen LogP contribution in [0.2, 0.25) is 0 Å². The summed E-state index contributed by atoms with van der Waals surface area (Å²) in [6.45, 7) is 3.85. The van der Waals surface area contributed by atoms with E-state index in [1.165, 1.54) is 37.9 Å². The minimum Gasteiger partial charge on any atom is -0.497 e. The third-order valence-electron chi connectivity index (χ3n) is 4.95. The summed E-state index contributed by atoms with van der Waals surface area (Å²) in [4.78, 5) is 1.58. The molecule has 3 rings (SSSR count). The van der Waals surface area contributed by atoms with Gasteiger partial charge in [0.05, 0.1) is 33.0 Å². The molecule has 5 nitrogen and oxygen atoms in total. The van der Waals surface area contributed by atoms with E-state index in [4.69, 9.17) is 21.4 Å². The zero-order valence-electron chi connectivity index (χ0n) is 15.3. The van der Waals surface area contributed by atoms with Crippen LogP contribution in [-0.2, 0) is 6.54 Å². The Morgan fingerprint density at radius 2 is 1.92 bits per heavy atom. The fourth-order valence-electron chi connectivity index (χ4n) is 3.47. The molecule has 0 radical (unpaired) electrons. The van der Waals surface area contributed by atoms with E-state index < -0.39 is 0 Å². The number of piperidine rings is 1. The first kappa shape index (κ1) is 18.7. The molecule has 0 unspecified atom stereocenters. The third kappa shape index (κ3) is 5.22. The van der Waals surface area contributed by atoms with E-state index >= 15 is 0 Å². The predicted molar refractivity (Wildman–Crippen MR) is 106 cm³/mol. The molecule has 26 heavy (non-hydrogen) atoms. The van der Waals surface area contributed by atoms with E-state index in [0.717, 1.165) is 18.1 Å². The predicted octanol–water partition coefficient (Wildman–Crippen LogP) is 2.06. The van der Waals surface area contributed by atoms with Crippen molar-refractivity contribution in [1.29, 1.82) is 0 Å². The first-order chi connectivity index (χ1) is 12.8. The largest absolute Gasteiger partial charge is 0.497 e. The first-order valence-corrected chi connectivity index (χ1v) is 9.69. The smallest absolute Gasteiger partial charge is 0.166 e. The fourth-order valence-corrected chi connectivity index (χ4v) is 3.63. The Bertz CT molecular complexity index is 667. The van der Waals surface area contributed by atoms with Gasteiger partial charge in [0.15, 0.2) is 16.9 Å². The number of quaternary nitrogens is 1. The van der Waals surface area contributed by atoms with Crippen molar-refractivity contribution < 1.29 is 14.1 Å². The highest BCUT2D eigenvalue weighted by Gasteiger charge is 2.28. The van der Waals surface area contributed by atoms with E-state index in [1.807, 2.05) is 30.3 Å². The molecule has 1 aliphatic rings. The van der Waals surface area contributed by atoms with Crippen LogP contribution >= 0.6 is 12.2 Å². The van der Waals surface area contributed by atoms with Crippen LogP contribution in [0.15, 0.2) is 47.1 Å². The second kappa shape index (κ2) is 9.59. The molecule has 3 N–H and O–H groups in total. The van der Waals surface area contributed by atoms with E-state index in [9.17, 15) is 0 Å². The van der Waals surface area contributed by atoms with Crippen LogP contribution in [0.3, 0.4) is 0 Å². The van der Waals surface area contributed by atoms with Crippen molar-refractivity contribution in [1.82, 2.24) is 10.6 Å². The van der Waals surface area contributed by atoms with Crippen LogP contribution in [0.5, 0.6) is 5.75 Å². The molecule has 0 saturated carbocycles. The van der Waals surface area contributed by atoms with Gasteiger partial charge in [0.25, 0.3) is 0 Å². The monoisotopic (exact) mass is 374 g/mol. The molecule has 0 amide bonds. The van der Waals surface area contributed by atoms with Gasteiger partial charge in [-0.1, -0.05) is 12.1 Å². The highest BCUT2D eigenvalue weighted by Crippen LogP contribution is 2.12. The van der Waals surface area contributed by atoms with Gasteiger partial charge in [0, 0.05) is 6.54 Å². The number of methoxy groups -OCH3 is 1. The number of nitrogens with one attached hydrogen (secondary N) is 3. The molecule has 6 heteroatoms. The van der Waals surface area contributed by atoms with E-state index in [2.05, 4.69) is 16.7 Å². The molecule has 1 aromatic carbocycles. The molecule has 140 valence electrons. The van der Waals surface area contributed by atoms with Crippen LogP contribution in [0, 0.1) is 0 Å². The van der Waals surface area contributed by atoms with Gasteiger partial charge < -0.3 is 24.7 Å². The summed E-state index contributed by atoms with van der Waals surface area (Å²) in [6.07, 6.45) is 5.66. The molecular formula is C20H28N3O2S+. The minimum absolute atomic E-state index is 0.297. The van der Waals surface area contributed by atoms with Crippen molar-refractivity contribution in [2.24, 2.45) is 0 Å². The molecule has 2 aromatic rings. The minimum atomic E-state index is 0.297. The summed E-state index contributed by atoms with van der Waals surface area (Å²) in [6, 6.07) is 12.3. The Balaban J connectivity index is 1.50. The van der Waals surface area contributed by atoms with Crippen LogP contribution < -0.4 is 20.3 Å². The zero-order valence-corrected chi connectivity index (χ0v) is 16.1. The van der Waals surface area contributed by atoms with Gasteiger partial charge in [-0.2, -0.15) is 0 Å². The summed E-state index contributed by atoms with van der Waals surface area (Å²) in [5, 5.41) is 7.33. The Hall–Kier alpha value is -2.05. The highest BCUT2D eigenvalue weighted by molar-refractivity contribution is 7.80. The average Bonchev–Trinajstić information content (AvgIpc) is 3.22. The Morgan fingerprint density at radius 1 is 1.15 bits per heavy atom. The van der Waals surface area contributed by atoms with Crippen molar-refractivity contribution in [3.8, 4) is 5.75 Å². The Morgan fingerprint density at radius 3 is 2.58 bits per heavy atom. The van der Waals surface area contributed by atoms with Crippen molar-refractivity contribution in [2.75, 3.05) is 26.7 Å². The lowest BCUT2D eigenvalue weighted by molar-refractivity contribution is -0.936. The third-order valence-corrected chi connectivity index (χ3v) is 5.24. The number of ether oxygens (including phenoxy) is 1. The summed E-state index contributed by atoms with van der Waals surface area (Å²) >= 11 is 5.46. The number of rotatable bonds is 7. The maximum absolute atomic E-state index is 5.70. The molecule has 2 heterocycles. The van der Waals surface area contributed by atoms with Crippen molar-refractivity contribution in [2.45, 2.75) is 31.8 Å². The van der Waals surface area contributed by atoms with Crippen molar-refractivity contribution >= 4 is 17.3 Å². The van der Waals surface area contributed by atoms with Gasteiger partial charge >= 0.3 is 0 Å². The maximum atomic E-state index is 5.70. The molecule has 1 aromatic heterocycles. The lowest BCUT2D eigenvalue weighted by atomic mass is 10.1. The van der Waals surface area contributed by atoms with Crippen LogP contribution in [-0.4, -0.2) is 31.9 Å². The molecule has 1 aliphatic heterocycles.